The summed E-state index contributed by atoms with van der Waals surface area (Å²) in [5, 5.41) is 5.77. The lowest BCUT2D eigenvalue weighted by Gasteiger charge is -2.31. The highest BCUT2D eigenvalue weighted by atomic mass is 32.2. The van der Waals surface area contributed by atoms with Gasteiger partial charge in [0.15, 0.2) is 0 Å². The Morgan fingerprint density at radius 1 is 0.900 bits per heavy atom. The summed E-state index contributed by atoms with van der Waals surface area (Å²) in [6, 6.07) is 16.4. The molecule has 1 aliphatic rings. The van der Waals surface area contributed by atoms with Gasteiger partial charge in [0.1, 0.15) is 0 Å². The van der Waals surface area contributed by atoms with Crippen molar-refractivity contribution < 1.29 is 14.4 Å². The van der Waals surface area contributed by atoms with Crippen LogP contribution in [0, 0.1) is 5.92 Å². The fourth-order valence-electron chi connectivity index (χ4n) is 3.11. The number of thioether (sulfide) groups is 1. The van der Waals surface area contributed by atoms with Crippen LogP contribution in [0.2, 0.25) is 0 Å². The average molecular weight is 427 g/mol. The summed E-state index contributed by atoms with van der Waals surface area (Å²) in [6.45, 7) is 1.08. The van der Waals surface area contributed by atoms with Gasteiger partial charge in [-0.1, -0.05) is 18.2 Å². The van der Waals surface area contributed by atoms with Crippen molar-refractivity contribution in [2.24, 2.45) is 5.92 Å². The minimum Gasteiger partial charge on any atom is -0.339 e. The number of hydrogen-bond donors (Lipinski definition) is 2. The van der Waals surface area contributed by atoms with Crippen molar-refractivity contribution in [1.82, 2.24) is 9.80 Å². The van der Waals surface area contributed by atoms with E-state index < -0.39 is 0 Å². The maximum Gasteiger partial charge on any atom is 0.321 e. The summed E-state index contributed by atoms with van der Waals surface area (Å²) >= 11 is 1.14. The van der Waals surface area contributed by atoms with Crippen LogP contribution in [0.5, 0.6) is 0 Å². The maximum atomic E-state index is 12.6. The molecule has 0 atom stereocenters. The van der Waals surface area contributed by atoms with Crippen molar-refractivity contribution in [3.05, 3.63) is 54.6 Å². The number of carbonyl (C=O) groups is 3. The van der Waals surface area contributed by atoms with Crippen molar-refractivity contribution in [1.29, 1.82) is 0 Å². The fourth-order valence-corrected chi connectivity index (χ4v) is 3.77. The predicted molar refractivity (Wildman–Crippen MR) is 120 cm³/mol. The quantitative estimate of drug-likeness (QED) is 0.713. The number of hydrogen-bond acceptors (Lipinski definition) is 4. The molecule has 4 amide bonds. The number of carbonyl (C=O) groups excluding carboxylic acids is 3. The summed E-state index contributed by atoms with van der Waals surface area (Å²) in [6.07, 6.45) is 1.25. The molecule has 1 saturated heterocycles. The Bertz CT molecular complexity index is 879. The van der Waals surface area contributed by atoms with Gasteiger partial charge in [-0.15, -0.1) is 0 Å². The first-order valence-electron chi connectivity index (χ1n) is 9.83. The van der Waals surface area contributed by atoms with Gasteiger partial charge >= 0.3 is 6.03 Å². The molecule has 158 valence electrons. The number of benzene rings is 2. The van der Waals surface area contributed by atoms with Crippen molar-refractivity contribution >= 4 is 40.3 Å². The molecule has 0 radical (unpaired) electrons. The molecule has 0 unspecified atom stereocenters. The fraction of sp³-hybridized carbons (Fsp3) is 0.318. The highest BCUT2D eigenvalue weighted by Gasteiger charge is 2.27. The van der Waals surface area contributed by atoms with E-state index in [0.29, 0.717) is 31.6 Å². The maximum absolute atomic E-state index is 12.6. The van der Waals surface area contributed by atoms with Crippen LogP contribution in [0.1, 0.15) is 12.8 Å². The Labute approximate surface area is 180 Å². The smallest absolute Gasteiger partial charge is 0.321 e. The third-order valence-corrected chi connectivity index (χ3v) is 5.92. The van der Waals surface area contributed by atoms with E-state index in [1.807, 2.05) is 42.5 Å². The molecule has 7 nitrogen and oxygen atoms in total. The van der Waals surface area contributed by atoms with Gasteiger partial charge < -0.3 is 20.4 Å². The van der Waals surface area contributed by atoms with Crippen LogP contribution in [0.25, 0.3) is 0 Å². The molecule has 0 aliphatic carbocycles. The third kappa shape index (κ3) is 6.00. The number of para-hydroxylation sites is 1. The van der Waals surface area contributed by atoms with Gasteiger partial charge in [-0.25, -0.2) is 4.79 Å². The third-order valence-electron chi connectivity index (χ3n) is 4.87. The lowest BCUT2D eigenvalue weighted by Crippen LogP contribution is -2.43. The molecule has 0 bridgehead atoms. The number of nitrogens with one attached hydrogen (secondary N) is 2. The second-order valence-electron chi connectivity index (χ2n) is 7.33. The molecule has 3 rings (SSSR count). The molecule has 1 heterocycles. The highest BCUT2D eigenvalue weighted by molar-refractivity contribution is 8.13. The molecular formula is C22H26N4O3S. The number of amides is 4. The summed E-state index contributed by atoms with van der Waals surface area (Å²) in [7, 11) is 3.42. The number of rotatable bonds is 4. The standard InChI is InChI=1S/C22H26N4O3S/c1-25(2)22(29)30-19-10-8-18(9-11-19)23-20(27)16-12-14-26(15-13-16)21(28)24-17-6-4-3-5-7-17/h3-11,16H,12-15H2,1-2H3,(H,23,27)(H,24,28). The van der Waals surface area contributed by atoms with Crippen LogP contribution >= 0.6 is 11.8 Å². The second-order valence-corrected chi connectivity index (χ2v) is 8.36. The van der Waals surface area contributed by atoms with E-state index in [1.54, 1.807) is 31.1 Å². The monoisotopic (exact) mass is 426 g/mol. The molecule has 1 aliphatic heterocycles. The molecule has 2 N–H and O–H groups in total. The van der Waals surface area contributed by atoms with Gasteiger partial charge in [-0.3, -0.25) is 9.59 Å². The van der Waals surface area contributed by atoms with Gasteiger partial charge in [0.25, 0.3) is 5.24 Å². The van der Waals surface area contributed by atoms with Crippen molar-refractivity contribution in [2.45, 2.75) is 17.7 Å². The van der Waals surface area contributed by atoms with E-state index in [0.717, 1.165) is 22.3 Å². The minimum atomic E-state index is -0.139. The van der Waals surface area contributed by atoms with Crippen LogP contribution in [-0.4, -0.2) is 54.2 Å². The summed E-state index contributed by atoms with van der Waals surface area (Å²) in [5.41, 5.74) is 1.46. The SMILES string of the molecule is CN(C)C(=O)Sc1ccc(NC(=O)C2CCN(C(=O)Nc3ccccc3)CC2)cc1. The van der Waals surface area contributed by atoms with E-state index in [9.17, 15) is 14.4 Å². The van der Waals surface area contributed by atoms with Crippen LogP contribution in [0.3, 0.4) is 0 Å². The van der Waals surface area contributed by atoms with E-state index >= 15 is 0 Å². The predicted octanol–water partition coefficient (Wildman–Crippen LogP) is 4.34. The number of nitrogens with zero attached hydrogens (tertiary/aromatic N) is 2. The van der Waals surface area contributed by atoms with Crippen LogP contribution in [-0.2, 0) is 4.79 Å². The van der Waals surface area contributed by atoms with Crippen LogP contribution in [0.4, 0.5) is 21.0 Å². The molecule has 0 saturated carbocycles. The zero-order chi connectivity index (χ0) is 21.5. The number of piperidine rings is 1. The van der Waals surface area contributed by atoms with Crippen molar-refractivity contribution in [3.63, 3.8) is 0 Å². The van der Waals surface area contributed by atoms with Crippen molar-refractivity contribution in [2.75, 3.05) is 37.8 Å². The van der Waals surface area contributed by atoms with Gasteiger partial charge in [0.2, 0.25) is 5.91 Å². The van der Waals surface area contributed by atoms with Crippen LogP contribution < -0.4 is 10.6 Å². The molecule has 1 fully saturated rings. The largest absolute Gasteiger partial charge is 0.339 e. The summed E-state index contributed by atoms with van der Waals surface area (Å²) in [4.78, 5) is 40.8. The Kier molecular flexibility index (Phi) is 7.35. The van der Waals surface area contributed by atoms with E-state index in [2.05, 4.69) is 10.6 Å². The van der Waals surface area contributed by atoms with Gasteiger partial charge in [-0.2, -0.15) is 0 Å². The number of urea groups is 1. The van der Waals surface area contributed by atoms with Gasteiger partial charge in [-0.05, 0) is 61.0 Å². The number of anilines is 2. The van der Waals surface area contributed by atoms with E-state index in [4.69, 9.17) is 0 Å². The van der Waals surface area contributed by atoms with E-state index in [1.165, 1.54) is 4.90 Å². The topological polar surface area (TPSA) is 81.8 Å². The number of likely N-dealkylation sites (tertiary alicyclic amines) is 1. The summed E-state index contributed by atoms with van der Waals surface area (Å²) < 4.78 is 0. The van der Waals surface area contributed by atoms with Crippen LogP contribution in [0.15, 0.2) is 59.5 Å². The molecule has 2 aromatic rings. The Morgan fingerprint density at radius 3 is 2.10 bits per heavy atom. The van der Waals surface area contributed by atoms with Gasteiger partial charge in [0.05, 0.1) is 0 Å². The molecule has 2 aromatic carbocycles. The molecular weight excluding hydrogens is 400 g/mol. The normalized spacial score (nSPS) is 14.1. The Hall–Kier alpha value is -3.00. The lowest BCUT2D eigenvalue weighted by atomic mass is 9.96. The molecule has 0 spiro atoms. The highest BCUT2D eigenvalue weighted by Crippen LogP contribution is 2.24. The Balaban J connectivity index is 1.46. The first-order chi connectivity index (χ1) is 14.4. The molecule has 8 heteroatoms. The zero-order valence-corrected chi connectivity index (χ0v) is 17.9. The molecule has 30 heavy (non-hydrogen) atoms. The summed E-state index contributed by atoms with van der Waals surface area (Å²) in [5.74, 6) is -0.168. The first-order valence-corrected chi connectivity index (χ1v) is 10.6. The average Bonchev–Trinajstić information content (AvgIpc) is 2.75. The lowest BCUT2D eigenvalue weighted by molar-refractivity contribution is -0.121. The minimum absolute atomic E-state index is 0.0390. The van der Waals surface area contributed by atoms with Gasteiger partial charge in [0, 0.05) is 49.4 Å². The zero-order valence-electron chi connectivity index (χ0n) is 17.1. The molecule has 0 aromatic heterocycles. The first kappa shape index (κ1) is 21.7. The van der Waals surface area contributed by atoms with Crippen molar-refractivity contribution in [3.8, 4) is 0 Å². The van der Waals surface area contributed by atoms with E-state index in [-0.39, 0.29) is 23.1 Å². The Morgan fingerprint density at radius 2 is 1.50 bits per heavy atom. The second kappa shape index (κ2) is 10.2.